The highest BCUT2D eigenvalue weighted by Gasteiger charge is 2.28. The second kappa shape index (κ2) is 6.14. The second-order valence-corrected chi connectivity index (χ2v) is 5.38. The highest BCUT2D eigenvalue weighted by Crippen LogP contribution is 2.27. The first-order valence-corrected chi connectivity index (χ1v) is 7.02. The van der Waals surface area contributed by atoms with Crippen molar-refractivity contribution in [2.24, 2.45) is 5.73 Å². The van der Waals surface area contributed by atoms with Crippen LogP contribution < -0.4 is 5.73 Å². The van der Waals surface area contributed by atoms with Crippen molar-refractivity contribution in [1.29, 1.82) is 0 Å². The molecule has 1 atom stereocenters. The van der Waals surface area contributed by atoms with Crippen molar-refractivity contribution in [3.8, 4) is 0 Å². The van der Waals surface area contributed by atoms with Gasteiger partial charge in [-0.05, 0) is 18.1 Å². The third-order valence-electron chi connectivity index (χ3n) is 2.85. The number of hydrogen-bond acceptors (Lipinski definition) is 5. The molecule has 100 valence electrons. The zero-order valence-electron chi connectivity index (χ0n) is 10.8. The van der Waals surface area contributed by atoms with Crippen molar-refractivity contribution in [1.82, 2.24) is 9.97 Å². The normalized spacial score (nSPS) is 14.1. The maximum atomic E-state index is 10.6. The lowest BCUT2D eigenvalue weighted by Gasteiger charge is -2.26. The summed E-state index contributed by atoms with van der Waals surface area (Å²) in [5.74, 6) is 0.427. The van der Waals surface area contributed by atoms with Crippen LogP contribution in [0.4, 0.5) is 0 Å². The molecule has 0 radical (unpaired) electrons. The van der Waals surface area contributed by atoms with E-state index in [0.717, 1.165) is 11.1 Å². The molecule has 0 bridgehead atoms. The molecule has 2 aromatic rings. The minimum absolute atomic E-state index is 0.163. The first-order valence-electron chi connectivity index (χ1n) is 6.03. The van der Waals surface area contributed by atoms with Crippen molar-refractivity contribution in [3.63, 3.8) is 0 Å². The van der Waals surface area contributed by atoms with Gasteiger partial charge in [0.25, 0.3) is 0 Å². The largest absolute Gasteiger partial charge is 0.383 e. The number of thioether (sulfide) groups is 1. The Bertz CT molecular complexity index is 518. The van der Waals surface area contributed by atoms with Crippen molar-refractivity contribution < 1.29 is 5.11 Å². The van der Waals surface area contributed by atoms with Crippen LogP contribution in [-0.4, -0.2) is 27.4 Å². The van der Waals surface area contributed by atoms with Gasteiger partial charge in [0.2, 0.25) is 0 Å². The quantitative estimate of drug-likeness (QED) is 0.642. The van der Waals surface area contributed by atoms with Crippen LogP contribution in [0.25, 0.3) is 0 Å². The molecular formula is C14H17N3OS. The molecule has 2 rings (SSSR count). The summed E-state index contributed by atoms with van der Waals surface area (Å²) in [7, 11) is 0. The predicted molar refractivity (Wildman–Crippen MR) is 76.9 cm³/mol. The van der Waals surface area contributed by atoms with Gasteiger partial charge in [-0.1, -0.05) is 42.1 Å². The molecule has 1 aromatic carbocycles. The summed E-state index contributed by atoms with van der Waals surface area (Å²) in [6.07, 6.45) is 3.53. The SMILES string of the molecule is Cc1cnc(SCC(O)(CN)c2ccccc2)nc1. The van der Waals surface area contributed by atoms with E-state index in [1.54, 1.807) is 12.4 Å². The fourth-order valence-electron chi connectivity index (χ4n) is 1.65. The summed E-state index contributed by atoms with van der Waals surface area (Å²) < 4.78 is 0. The average Bonchev–Trinajstić information content (AvgIpc) is 2.47. The van der Waals surface area contributed by atoms with E-state index in [-0.39, 0.29) is 6.54 Å². The van der Waals surface area contributed by atoms with E-state index in [0.29, 0.717) is 10.9 Å². The third-order valence-corrected chi connectivity index (χ3v) is 3.94. The third kappa shape index (κ3) is 3.53. The van der Waals surface area contributed by atoms with Gasteiger partial charge in [0, 0.05) is 24.7 Å². The molecule has 0 saturated heterocycles. The molecule has 19 heavy (non-hydrogen) atoms. The van der Waals surface area contributed by atoms with Crippen molar-refractivity contribution in [2.45, 2.75) is 17.7 Å². The first-order chi connectivity index (χ1) is 9.14. The smallest absolute Gasteiger partial charge is 0.187 e. The molecule has 1 heterocycles. The Morgan fingerprint density at radius 1 is 1.21 bits per heavy atom. The van der Waals surface area contributed by atoms with E-state index < -0.39 is 5.60 Å². The minimum Gasteiger partial charge on any atom is -0.383 e. The molecule has 1 unspecified atom stereocenters. The van der Waals surface area contributed by atoms with E-state index >= 15 is 0 Å². The Balaban J connectivity index is 2.09. The Labute approximate surface area is 117 Å². The fraction of sp³-hybridized carbons (Fsp3) is 0.286. The van der Waals surface area contributed by atoms with Crippen molar-refractivity contribution >= 4 is 11.8 Å². The Morgan fingerprint density at radius 2 is 1.84 bits per heavy atom. The van der Waals surface area contributed by atoms with Crippen LogP contribution in [-0.2, 0) is 5.60 Å². The second-order valence-electron chi connectivity index (χ2n) is 4.43. The summed E-state index contributed by atoms with van der Waals surface area (Å²) in [5, 5.41) is 11.3. The Kier molecular flexibility index (Phi) is 4.52. The van der Waals surface area contributed by atoms with Crippen LogP contribution in [0.1, 0.15) is 11.1 Å². The summed E-state index contributed by atoms with van der Waals surface area (Å²) in [6.45, 7) is 2.10. The number of aryl methyl sites for hydroxylation is 1. The number of benzene rings is 1. The lowest BCUT2D eigenvalue weighted by atomic mass is 9.96. The molecule has 0 saturated carbocycles. The highest BCUT2D eigenvalue weighted by molar-refractivity contribution is 7.99. The molecule has 0 aliphatic carbocycles. The highest BCUT2D eigenvalue weighted by atomic mass is 32.2. The van der Waals surface area contributed by atoms with E-state index in [2.05, 4.69) is 9.97 Å². The van der Waals surface area contributed by atoms with Crippen LogP contribution in [0.3, 0.4) is 0 Å². The molecule has 0 amide bonds. The van der Waals surface area contributed by atoms with Crippen LogP contribution in [0, 0.1) is 6.92 Å². The van der Waals surface area contributed by atoms with Crippen molar-refractivity contribution in [3.05, 3.63) is 53.9 Å². The van der Waals surface area contributed by atoms with Gasteiger partial charge >= 0.3 is 0 Å². The van der Waals surface area contributed by atoms with Crippen LogP contribution in [0.5, 0.6) is 0 Å². The summed E-state index contributed by atoms with van der Waals surface area (Å²) in [5.41, 5.74) is 6.50. The first kappa shape index (κ1) is 14.0. The van der Waals surface area contributed by atoms with Gasteiger partial charge in [0.15, 0.2) is 5.16 Å². The molecular weight excluding hydrogens is 258 g/mol. The van der Waals surface area contributed by atoms with Gasteiger partial charge in [0.05, 0.1) is 0 Å². The zero-order chi connectivity index (χ0) is 13.7. The van der Waals surface area contributed by atoms with Crippen LogP contribution >= 0.6 is 11.8 Å². The zero-order valence-corrected chi connectivity index (χ0v) is 11.6. The topological polar surface area (TPSA) is 72.0 Å². The van der Waals surface area contributed by atoms with Gasteiger partial charge in [-0.2, -0.15) is 0 Å². The molecule has 0 aliphatic heterocycles. The van der Waals surface area contributed by atoms with Crippen LogP contribution in [0.15, 0.2) is 47.9 Å². The molecule has 3 N–H and O–H groups in total. The number of aliphatic hydroxyl groups is 1. The standard InChI is InChI=1S/C14H17N3OS/c1-11-7-16-13(17-8-11)19-10-14(18,9-15)12-5-3-2-4-6-12/h2-8,18H,9-10,15H2,1H3. The van der Waals surface area contributed by atoms with Gasteiger partial charge in [-0.25, -0.2) is 9.97 Å². The van der Waals surface area contributed by atoms with Gasteiger partial charge in [-0.15, -0.1) is 0 Å². The number of rotatable bonds is 5. The van der Waals surface area contributed by atoms with Gasteiger partial charge in [0.1, 0.15) is 5.60 Å². The molecule has 0 spiro atoms. The molecule has 5 heteroatoms. The minimum atomic E-state index is -1.06. The molecule has 1 aromatic heterocycles. The fourth-order valence-corrected chi connectivity index (χ4v) is 2.55. The number of aromatic nitrogens is 2. The van der Waals surface area contributed by atoms with Gasteiger partial charge < -0.3 is 10.8 Å². The Hall–Kier alpha value is -1.43. The van der Waals surface area contributed by atoms with Crippen molar-refractivity contribution in [2.75, 3.05) is 12.3 Å². The predicted octanol–water partition coefficient (Wildman–Crippen LogP) is 1.72. The maximum Gasteiger partial charge on any atom is 0.187 e. The maximum absolute atomic E-state index is 10.6. The summed E-state index contributed by atoms with van der Waals surface area (Å²) >= 11 is 1.40. The summed E-state index contributed by atoms with van der Waals surface area (Å²) in [6, 6.07) is 9.45. The van der Waals surface area contributed by atoms with Gasteiger partial charge in [-0.3, -0.25) is 0 Å². The van der Waals surface area contributed by atoms with E-state index in [4.69, 9.17) is 5.73 Å². The summed E-state index contributed by atoms with van der Waals surface area (Å²) in [4.78, 5) is 8.42. The average molecular weight is 275 g/mol. The van der Waals surface area contributed by atoms with E-state index in [9.17, 15) is 5.11 Å². The molecule has 4 nitrogen and oxygen atoms in total. The molecule has 0 fully saturated rings. The lowest BCUT2D eigenvalue weighted by molar-refractivity contribution is 0.0721. The lowest BCUT2D eigenvalue weighted by Crippen LogP contribution is -2.37. The Morgan fingerprint density at radius 3 is 2.42 bits per heavy atom. The van der Waals surface area contributed by atoms with E-state index in [1.807, 2.05) is 37.3 Å². The number of hydrogen-bond donors (Lipinski definition) is 2. The monoisotopic (exact) mass is 275 g/mol. The number of nitrogens with two attached hydrogens (primary N) is 1. The van der Waals surface area contributed by atoms with E-state index in [1.165, 1.54) is 11.8 Å². The molecule has 0 aliphatic rings. The number of nitrogens with zero attached hydrogens (tertiary/aromatic N) is 2. The van der Waals surface area contributed by atoms with Crippen LogP contribution in [0.2, 0.25) is 0 Å².